The summed E-state index contributed by atoms with van der Waals surface area (Å²) in [5.41, 5.74) is 1.89. The Labute approximate surface area is 156 Å². The summed E-state index contributed by atoms with van der Waals surface area (Å²) in [6.45, 7) is 6.28. The topological polar surface area (TPSA) is 33.3 Å². The maximum atomic E-state index is 12.7. The second kappa shape index (κ2) is 8.40. The summed E-state index contributed by atoms with van der Waals surface area (Å²) in [6, 6.07) is 10.6. The SMILES string of the molecule is Cc1ccc(OC[C@@H](C)NC(=S)Nc2cccc(C(F)(F)F)c2)cc1C. The first-order chi connectivity index (χ1) is 12.1. The monoisotopic (exact) mass is 382 g/mol. The fourth-order valence-electron chi connectivity index (χ4n) is 2.23. The fraction of sp³-hybridized carbons (Fsp3) is 0.316. The highest BCUT2D eigenvalue weighted by molar-refractivity contribution is 7.80. The van der Waals surface area contributed by atoms with Crippen LogP contribution in [0.4, 0.5) is 18.9 Å². The fourth-order valence-corrected chi connectivity index (χ4v) is 2.55. The van der Waals surface area contributed by atoms with Crippen molar-refractivity contribution in [3.8, 4) is 5.75 Å². The maximum Gasteiger partial charge on any atom is 0.416 e. The Balaban J connectivity index is 1.86. The summed E-state index contributed by atoms with van der Waals surface area (Å²) in [7, 11) is 0. The van der Waals surface area contributed by atoms with Crippen LogP contribution in [-0.4, -0.2) is 17.8 Å². The second-order valence-electron chi connectivity index (χ2n) is 6.14. The van der Waals surface area contributed by atoms with Gasteiger partial charge in [-0.3, -0.25) is 0 Å². The predicted molar refractivity (Wildman–Crippen MR) is 102 cm³/mol. The van der Waals surface area contributed by atoms with Gasteiger partial charge in [0.25, 0.3) is 0 Å². The van der Waals surface area contributed by atoms with E-state index in [2.05, 4.69) is 10.6 Å². The molecule has 0 radical (unpaired) electrons. The summed E-state index contributed by atoms with van der Waals surface area (Å²) in [5, 5.41) is 6.00. The molecular formula is C19H21F3N2OS. The minimum atomic E-state index is -4.39. The Kier molecular flexibility index (Phi) is 6.47. The van der Waals surface area contributed by atoms with Crippen LogP contribution in [0, 0.1) is 13.8 Å². The first-order valence-corrected chi connectivity index (χ1v) is 8.51. The lowest BCUT2D eigenvalue weighted by Gasteiger charge is -2.18. The number of rotatable bonds is 5. The molecule has 140 valence electrons. The van der Waals surface area contributed by atoms with E-state index in [0.717, 1.165) is 23.4 Å². The number of aryl methyl sites for hydroxylation is 2. The van der Waals surface area contributed by atoms with Crippen molar-refractivity contribution in [3.05, 3.63) is 59.2 Å². The molecule has 0 aromatic heterocycles. The standard InChI is InChI=1S/C19H21F3N2OS/c1-12-7-8-17(9-13(12)2)25-11-14(3)23-18(26)24-16-6-4-5-15(10-16)19(20,21)22/h4-10,14H,11H2,1-3H3,(H2,23,24,26)/t14-/m1/s1. The molecule has 2 aromatic rings. The van der Waals surface area contributed by atoms with Crippen molar-refractivity contribution in [2.75, 3.05) is 11.9 Å². The van der Waals surface area contributed by atoms with E-state index in [1.54, 1.807) is 0 Å². The molecule has 0 aliphatic heterocycles. The van der Waals surface area contributed by atoms with E-state index >= 15 is 0 Å². The van der Waals surface area contributed by atoms with E-state index in [-0.39, 0.29) is 16.8 Å². The Hall–Kier alpha value is -2.28. The number of ether oxygens (including phenoxy) is 1. The Morgan fingerprint density at radius 1 is 1.12 bits per heavy atom. The van der Waals surface area contributed by atoms with Gasteiger partial charge in [-0.05, 0) is 74.4 Å². The predicted octanol–water partition coefficient (Wildman–Crippen LogP) is 5.08. The zero-order valence-corrected chi connectivity index (χ0v) is 15.6. The van der Waals surface area contributed by atoms with Crippen LogP contribution in [0.2, 0.25) is 0 Å². The van der Waals surface area contributed by atoms with E-state index in [1.807, 2.05) is 39.0 Å². The van der Waals surface area contributed by atoms with Gasteiger partial charge in [0, 0.05) is 5.69 Å². The van der Waals surface area contributed by atoms with Gasteiger partial charge in [-0.25, -0.2) is 0 Å². The first kappa shape index (κ1) is 20.0. The Morgan fingerprint density at radius 3 is 2.50 bits per heavy atom. The minimum Gasteiger partial charge on any atom is -0.491 e. The van der Waals surface area contributed by atoms with Gasteiger partial charge in [-0.1, -0.05) is 12.1 Å². The minimum absolute atomic E-state index is 0.123. The van der Waals surface area contributed by atoms with Gasteiger partial charge in [0.2, 0.25) is 0 Å². The molecule has 7 heteroatoms. The lowest BCUT2D eigenvalue weighted by atomic mass is 10.1. The van der Waals surface area contributed by atoms with Crippen LogP contribution in [0.5, 0.6) is 5.75 Å². The van der Waals surface area contributed by atoms with Crippen molar-refractivity contribution >= 4 is 23.0 Å². The van der Waals surface area contributed by atoms with Gasteiger partial charge in [-0.2, -0.15) is 13.2 Å². The molecule has 0 heterocycles. The Morgan fingerprint density at radius 2 is 1.85 bits per heavy atom. The Bertz CT molecular complexity index is 778. The van der Waals surface area contributed by atoms with Crippen molar-refractivity contribution in [3.63, 3.8) is 0 Å². The van der Waals surface area contributed by atoms with Crippen LogP contribution in [-0.2, 0) is 6.18 Å². The zero-order chi connectivity index (χ0) is 19.3. The molecule has 0 unspecified atom stereocenters. The summed E-state index contributed by atoms with van der Waals surface area (Å²) in [6.07, 6.45) is -4.39. The van der Waals surface area contributed by atoms with E-state index in [4.69, 9.17) is 17.0 Å². The molecule has 0 saturated carbocycles. The molecule has 3 nitrogen and oxygen atoms in total. The number of hydrogen-bond donors (Lipinski definition) is 2. The second-order valence-corrected chi connectivity index (χ2v) is 6.54. The average molecular weight is 382 g/mol. The molecule has 26 heavy (non-hydrogen) atoms. The summed E-state index contributed by atoms with van der Waals surface area (Å²) >= 11 is 5.16. The quantitative estimate of drug-likeness (QED) is 0.707. The number of halogens is 3. The van der Waals surface area contributed by atoms with E-state index in [1.165, 1.54) is 17.7 Å². The number of benzene rings is 2. The summed E-state index contributed by atoms with van der Waals surface area (Å²) in [5.74, 6) is 0.763. The third kappa shape index (κ3) is 5.91. The molecule has 0 saturated heterocycles. The molecule has 0 amide bonds. The van der Waals surface area contributed by atoms with Crippen LogP contribution in [0.3, 0.4) is 0 Å². The molecule has 0 fully saturated rings. The van der Waals surface area contributed by atoms with E-state index in [0.29, 0.717) is 6.61 Å². The van der Waals surface area contributed by atoms with Crippen molar-refractivity contribution in [1.82, 2.24) is 5.32 Å². The third-order valence-corrected chi connectivity index (χ3v) is 4.02. The van der Waals surface area contributed by atoms with Gasteiger partial charge in [-0.15, -0.1) is 0 Å². The summed E-state index contributed by atoms with van der Waals surface area (Å²) in [4.78, 5) is 0. The number of anilines is 1. The highest BCUT2D eigenvalue weighted by atomic mass is 32.1. The average Bonchev–Trinajstić information content (AvgIpc) is 2.55. The van der Waals surface area contributed by atoms with E-state index < -0.39 is 11.7 Å². The molecule has 0 spiro atoms. The lowest BCUT2D eigenvalue weighted by molar-refractivity contribution is -0.137. The molecule has 0 bridgehead atoms. The lowest BCUT2D eigenvalue weighted by Crippen LogP contribution is -2.39. The van der Waals surface area contributed by atoms with E-state index in [9.17, 15) is 13.2 Å². The third-order valence-electron chi connectivity index (χ3n) is 3.80. The van der Waals surface area contributed by atoms with Crippen molar-refractivity contribution < 1.29 is 17.9 Å². The number of thiocarbonyl (C=S) groups is 1. The van der Waals surface area contributed by atoms with Gasteiger partial charge in [0.1, 0.15) is 12.4 Å². The van der Waals surface area contributed by atoms with Gasteiger partial charge < -0.3 is 15.4 Å². The molecule has 0 aliphatic carbocycles. The number of hydrogen-bond acceptors (Lipinski definition) is 2. The smallest absolute Gasteiger partial charge is 0.416 e. The molecular weight excluding hydrogens is 361 g/mol. The van der Waals surface area contributed by atoms with Crippen LogP contribution in [0.1, 0.15) is 23.6 Å². The van der Waals surface area contributed by atoms with Crippen LogP contribution < -0.4 is 15.4 Å². The van der Waals surface area contributed by atoms with Crippen molar-refractivity contribution in [2.45, 2.75) is 33.0 Å². The highest BCUT2D eigenvalue weighted by Crippen LogP contribution is 2.30. The molecule has 2 N–H and O–H groups in total. The van der Waals surface area contributed by atoms with Crippen LogP contribution in [0.15, 0.2) is 42.5 Å². The molecule has 2 aromatic carbocycles. The van der Waals surface area contributed by atoms with Crippen LogP contribution in [0.25, 0.3) is 0 Å². The number of nitrogens with one attached hydrogen (secondary N) is 2. The molecule has 1 atom stereocenters. The zero-order valence-electron chi connectivity index (χ0n) is 14.8. The molecule has 0 aliphatic rings. The molecule has 2 rings (SSSR count). The first-order valence-electron chi connectivity index (χ1n) is 8.10. The van der Waals surface area contributed by atoms with Gasteiger partial charge in [0.05, 0.1) is 11.6 Å². The highest BCUT2D eigenvalue weighted by Gasteiger charge is 2.30. The van der Waals surface area contributed by atoms with Gasteiger partial charge >= 0.3 is 6.18 Å². The maximum absolute atomic E-state index is 12.7. The van der Waals surface area contributed by atoms with Gasteiger partial charge in [0.15, 0.2) is 5.11 Å². The van der Waals surface area contributed by atoms with Crippen molar-refractivity contribution in [2.24, 2.45) is 0 Å². The van der Waals surface area contributed by atoms with Crippen molar-refractivity contribution in [1.29, 1.82) is 0 Å². The van der Waals surface area contributed by atoms with Crippen LogP contribution >= 0.6 is 12.2 Å². The number of alkyl halides is 3. The summed E-state index contributed by atoms with van der Waals surface area (Å²) < 4.78 is 43.9. The normalized spacial score (nSPS) is 12.4. The largest absolute Gasteiger partial charge is 0.491 e.